The second-order valence-corrected chi connectivity index (χ2v) is 7.34. The first-order valence-electron chi connectivity index (χ1n) is 9.63. The van der Waals surface area contributed by atoms with E-state index in [4.69, 9.17) is 4.98 Å². The minimum Gasteiger partial charge on any atom is -0.305 e. The molecule has 0 aliphatic carbocycles. The molecule has 1 fully saturated rings. The summed E-state index contributed by atoms with van der Waals surface area (Å²) in [5, 5.41) is 0. The maximum atomic E-state index is 13.2. The Morgan fingerprint density at radius 3 is 2.75 bits per heavy atom. The maximum absolute atomic E-state index is 13.2. The number of benzene rings is 1. The molecule has 1 aromatic carbocycles. The van der Waals surface area contributed by atoms with Crippen molar-refractivity contribution in [2.75, 3.05) is 6.54 Å². The lowest BCUT2D eigenvalue weighted by molar-refractivity contribution is 0.246. The molecular formula is C23H21FN4. The summed E-state index contributed by atoms with van der Waals surface area (Å²) < 4.78 is 15.3. The van der Waals surface area contributed by atoms with Gasteiger partial charge in [0.1, 0.15) is 5.82 Å². The van der Waals surface area contributed by atoms with Crippen LogP contribution in [0.3, 0.4) is 0 Å². The first-order chi connectivity index (χ1) is 13.8. The Morgan fingerprint density at radius 1 is 1.04 bits per heavy atom. The van der Waals surface area contributed by atoms with Crippen LogP contribution in [0.25, 0.3) is 16.6 Å². The molecule has 1 atom stereocenters. The van der Waals surface area contributed by atoms with Gasteiger partial charge in [-0.05, 0) is 54.8 Å². The summed E-state index contributed by atoms with van der Waals surface area (Å²) >= 11 is 0. The van der Waals surface area contributed by atoms with E-state index in [1.54, 1.807) is 6.20 Å². The third kappa shape index (κ3) is 3.18. The monoisotopic (exact) mass is 372 g/mol. The van der Waals surface area contributed by atoms with E-state index in [-0.39, 0.29) is 5.82 Å². The summed E-state index contributed by atoms with van der Waals surface area (Å²) in [6.45, 7) is 1.85. The Kier molecular flexibility index (Phi) is 4.37. The van der Waals surface area contributed by atoms with Crippen LogP contribution < -0.4 is 0 Å². The van der Waals surface area contributed by atoms with Gasteiger partial charge in [-0.3, -0.25) is 9.88 Å². The topological polar surface area (TPSA) is 33.4 Å². The third-order valence-corrected chi connectivity index (χ3v) is 5.53. The molecule has 1 aliphatic heterocycles. The van der Waals surface area contributed by atoms with E-state index in [1.165, 1.54) is 12.1 Å². The molecule has 0 unspecified atom stereocenters. The molecule has 1 saturated heterocycles. The van der Waals surface area contributed by atoms with E-state index >= 15 is 0 Å². The van der Waals surface area contributed by atoms with E-state index in [1.807, 2.05) is 30.7 Å². The van der Waals surface area contributed by atoms with E-state index in [0.717, 1.165) is 53.8 Å². The quantitative estimate of drug-likeness (QED) is 0.512. The summed E-state index contributed by atoms with van der Waals surface area (Å²) in [4.78, 5) is 11.4. The molecule has 1 aliphatic rings. The van der Waals surface area contributed by atoms with Crippen molar-refractivity contribution in [3.05, 3.63) is 90.5 Å². The zero-order valence-corrected chi connectivity index (χ0v) is 15.5. The summed E-state index contributed by atoms with van der Waals surface area (Å²) in [5.41, 5.74) is 5.62. The largest absolute Gasteiger partial charge is 0.305 e. The van der Waals surface area contributed by atoms with Crippen LogP contribution in [-0.2, 0) is 6.54 Å². The average Bonchev–Trinajstić information content (AvgIpc) is 3.36. The summed E-state index contributed by atoms with van der Waals surface area (Å²) in [7, 11) is 0. The maximum Gasteiger partial charge on any atom is 0.123 e. The van der Waals surface area contributed by atoms with Gasteiger partial charge in [0, 0.05) is 30.7 Å². The van der Waals surface area contributed by atoms with Crippen molar-refractivity contribution in [2.24, 2.45) is 0 Å². The Morgan fingerprint density at radius 2 is 1.93 bits per heavy atom. The van der Waals surface area contributed by atoms with Crippen molar-refractivity contribution >= 4 is 5.52 Å². The van der Waals surface area contributed by atoms with Gasteiger partial charge in [-0.25, -0.2) is 9.37 Å². The number of nitrogens with zero attached hydrogens (tertiary/aromatic N) is 4. The normalized spacial score (nSPS) is 17.4. The smallest absolute Gasteiger partial charge is 0.123 e. The minimum atomic E-state index is -0.189. The molecule has 4 heterocycles. The lowest BCUT2D eigenvalue weighted by Crippen LogP contribution is -2.23. The molecule has 0 saturated carbocycles. The predicted molar refractivity (Wildman–Crippen MR) is 107 cm³/mol. The third-order valence-electron chi connectivity index (χ3n) is 5.53. The molecule has 0 N–H and O–H groups in total. The zero-order chi connectivity index (χ0) is 18.9. The number of likely N-dealkylation sites (tertiary alicyclic amines) is 1. The Hall–Kier alpha value is -3.05. The highest BCUT2D eigenvalue weighted by Crippen LogP contribution is 2.35. The highest BCUT2D eigenvalue weighted by atomic mass is 19.1. The van der Waals surface area contributed by atoms with Gasteiger partial charge < -0.3 is 4.40 Å². The fourth-order valence-corrected chi connectivity index (χ4v) is 4.13. The van der Waals surface area contributed by atoms with Crippen LogP contribution in [0, 0.1) is 5.82 Å². The summed E-state index contributed by atoms with van der Waals surface area (Å²) in [6.07, 6.45) is 9.92. The summed E-state index contributed by atoms with van der Waals surface area (Å²) in [6, 6.07) is 15.4. The standard InChI is InChI=1S/C23H21FN4/c24-20-8-5-17(6-9-20)14-27-12-2-4-21(27)23-22-10-7-19(15-28(22)16-26-23)18-3-1-11-25-13-18/h1,3,5-11,13,15-16,21H,2,4,12,14H2/t21-/m1/s1. The van der Waals surface area contributed by atoms with E-state index < -0.39 is 0 Å². The van der Waals surface area contributed by atoms with Crippen molar-refractivity contribution in [2.45, 2.75) is 25.4 Å². The van der Waals surface area contributed by atoms with Crippen LogP contribution in [0.4, 0.5) is 4.39 Å². The molecule has 0 bridgehead atoms. The van der Waals surface area contributed by atoms with Crippen LogP contribution >= 0.6 is 0 Å². The van der Waals surface area contributed by atoms with Gasteiger partial charge in [0.25, 0.3) is 0 Å². The second kappa shape index (κ2) is 7.17. The van der Waals surface area contributed by atoms with Gasteiger partial charge in [0.05, 0.1) is 23.6 Å². The van der Waals surface area contributed by atoms with Crippen molar-refractivity contribution in [1.29, 1.82) is 0 Å². The van der Waals surface area contributed by atoms with Gasteiger partial charge in [-0.1, -0.05) is 24.3 Å². The molecule has 4 aromatic rings. The second-order valence-electron chi connectivity index (χ2n) is 7.34. The predicted octanol–water partition coefficient (Wildman–Crippen LogP) is 4.87. The fourth-order valence-electron chi connectivity index (χ4n) is 4.13. The Labute approximate surface area is 163 Å². The number of rotatable bonds is 4. The molecule has 3 aromatic heterocycles. The van der Waals surface area contributed by atoms with Crippen molar-refractivity contribution in [3.8, 4) is 11.1 Å². The van der Waals surface area contributed by atoms with Crippen LogP contribution in [0.1, 0.15) is 30.1 Å². The average molecular weight is 372 g/mol. The van der Waals surface area contributed by atoms with Crippen molar-refractivity contribution in [1.82, 2.24) is 19.3 Å². The van der Waals surface area contributed by atoms with Gasteiger partial charge in [-0.15, -0.1) is 0 Å². The molecule has 5 heteroatoms. The Bertz CT molecular complexity index is 1090. The molecule has 0 radical (unpaired) electrons. The highest BCUT2D eigenvalue weighted by molar-refractivity contribution is 5.66. The van der Waals surface area contributed by atoms with Gasteiger partial charge in [0.15, 0.2) is 0 Å². The number of imidazole rings is 1. The van der Waals surface area contributed by atoms with Crippen LogP contribution in [0.15, 0.2) is 73.4 Å². The van der Waals surface area contributed by atoms with Gasteiger partial charge >= 0.3 is 0 Å². The van der Waals surface area contributed by atoms with E-state index in [9.17, 15) is 4.39 Å². The van der Waals surface area contributed by atoms with Gasteiger partial charge in [-0.2, -0.15) is 0 Å². The van der Waals surface area contributed by atoms with Crippen LogP contribution in [-0.4, -0.2) is 25.8 Å². The van der Waals surface area contributed by atoms with Crippen LogP contribution in [0.2, 0.25) is 0 Å². The molecular weight excluding hydrogens is 351 g/mol. The number of aromatic nitrogens is 3. The molecule has 28 heavy (non-hydrogen) atoms. The lowest BCUT2D eigenvalue weighted by atomic mass is 10.1. The Balaban J connectivity index is 1.44. The molecule has 140 valence electrons. The zero-order valence-electron chi connectivity index (χ0n) is 15.5. The number of pyridine rings is 2. The molecule has 4 nitrogen and oxygen atoms in total. The minimum absolute atomic E-state index is 0.189. The first-order valence-corrected chi connectivity index (χ1v) is 9.63. The first kappa shape index (κ1) is 17.1. The van der Waals surface area contributed by atoms with E-state index in [2.05, 4.69) is 38.7 Å². The van der Waals surface area contributed by atoms with Crippen LogP contribution in [0.5, 0.6) is 0 Å². The van der Waals surface area contributed by atoms with E-state index in [0.29, 0.717) is 6.04 Å². The molecule has 0 amide bonds. The molecule has 0 spiro atoms. The fraction of sp³-hybridized carbons (Fsp3) is 0.217. The summed E-state index contributed by atoms with van der Waals surface area (Å²) in [5.74, 6) is -0.189. The lowest BCUT2D eigenvalue weighted by Gasteiger charge is -2.23. The number of hydrogen-bond acceptors (Lipinski definition) is 3. The number of halogens is 1. The van der Waals surface area contributed by atoms with Crippen molar-refractivity contribution < 1.29 is 4.39 Å². The highest BCUT2D eigenvalue weighted by Gasteiger charge is 2.29. The SMILES string of the molecule is Fc1ccc(CN2CCC[C@@H]2c2ncn3cc(-c4cccnc4)ccc23)cc1. The van der Waals surface area contributed by atoms with Crippen molar-refractivity contribution in [3.63, 3.8) is 0 Å². The van der Waals surface area contributed by atoms with Gasteiger partial charge in [0.2, 0.25) is 0 Å². The number of hydrogen-bond donors (Lipinski definition) is 0. The molecule has 5 rings (SSSR count). The number of fused-ring (bicyclic) bond motifs is 1.